The van der Waals surface area contributed by atoms with Gasteiger partial charge in [-0.2, -0.15) is 5.10 Å². The molecule has 0 radical (unpaired) electrons. The Morgan fingerprint density at radius 3 is 3.21 bits per heavy atom. The monoisotopic (exact) mass is 186 g/mol. The van der Waals surface area contributed by atoms with Crippen molar-refractivity contribution in [3.05, 3.63) is 36.7 Å². The standard InChI is InChI=1S/C10H10N4/c1-4-12-14(5-1)9-3-2-8-7-11-13-10(8)6-9/h1-4,6-7,12H,5H2,(H,11,13). The van der Waals surface area contributed by atoms with Gasteiger partial charge in [-0.3, -0.25) is 10.1 Å². The molecule has 0 bridgehead atoms. The Labute approximate surface area is 81.2 Å². The summed E-state index contributed by atoms with van der Waals surface area (Å²) in [5, 5.41) is 10.2. The molecule has 1 aromatic heterocycles. The van der Waals surface area contributed by atoms with Crippen LogP contribution in [0.1, 0.15) is 0 Å². The van der Waals surface area contributed by atoms with Gasteiger partial charge >= 0.3 is 0 Å². The van der Waals surface area contributed by atoms with E-state index in [0.29, 0.717) is 0 Å². The molecule has 2 heterocycles. The predicted molar refractivity (Wildman–Crippen MR) is 55.7 cm³/mol. The van der Waals surface area contributed by atoms with Gasteiger partial charge in [0, 0.05) is 11.6 Å². The van der Waals surface area contributed by atoms with Crippen LogP contribution in [0.2, 0.25) is 0 Å². The second-order valence-corrected chi connectivity index (χ2v) is 3.28. The lowest BCUT2D eigenvalue weighted by atomic mass is 10.2. The fourth-order valence-electron chi connectivity index (χ4n) is 1.63. The van der Waals surface area contributed by atoms with Crippen LogP contribution in [-0.2, 0) is 0 Å². The summed E-state index contributed by atoms with van der Waals surface area (Å²) in [5.41, 5.74) is 5.36. The molecule has 14 heavy (non-hydrogen) atoms. The van der Waals surface area contributed by atoms with Crippen molar-refractivity contribution < 1.29 is 0 Å². The van der Waals surface area contributed by atoms with E-state index in [-0.39, 0.29) is 0 Å². The number of benzene rings is 1. The smallest absolute Gasteiger partial charge is 0.0671 e. The first-order valence-electron chi connectivity index (χ1n) is 4.55. The molecule has 0 spiro atoms. The van der Waals surface area contributed by atoms with Crippen LogP contribution < -0.4 is 10.4 Å². The van der Waals surface area contributed by atoms with Crippen LogP contribution in [0.5, 0.6) is 0 Å². The molecule has 4 heteroatoms. The minimum Gasteiger partial charge on any atom is -0.306 e. The molecular weight excluding hydrogens is 176 g/mol. The lowest BCUT2D eigenvalue weighted by Crippen LogP contribution is -2.29. The highest BCUT2D eigenvalue weighted by atomic mass is 15.5. The van der Waals surface area contributed by atoms with Gasteiger partial charge in [-0.15, -0.1) is 0 Å². The average molecular weight is 186 g/mol. The number of fused-ring (bicyclic) bond motifs is 1. The fraction of sp³-hybridized carbons (Fsp3) is 0.100. The van der Waals surface area contributed by atoms with E-state index in [1.165, 1.54) is 0 Å². The van der Waals surface area contributed by atoms with E-state index in [1.807, 2.05) is 12.4 Å². The summed E-state index contributed by atoms with van der Waals surface area (Å²) in [4.78, 5) is 0. The minimum atomic E-state index is 0.902. The van der Waals surface area contributed by atoms with E-state index < -0.39 is 0 Å². The molecule has 0 amide bonds. The highest BCUT2D eigenvalue weighted by Gasteiger charge is 2.07. The normalized spacial score (nSPS) is 15.0. The molecule has 0 saturated carbocycles. The van der Waals surface area contributed by atoms with Gasteiger partial charge in [-0.05, 0) is 24.3 Å². The van der Waals surface area contributed by atoms with E-state index in [2.05, 4.69) is 44.9 Å². The van der Waals surface area contributed by atoms with Crippen LogP contribution in [0.4, 0.5) is 5.69 Å². The third-order valence-corrected chi connectivity index (χ3v) is 2.37. The molecule has 4 nitrogen and oxygen atoms in total. The van der Waals surface area contributed by atoms with Crippen molar-refractivity contribution in [2.24, 2.45) is 0 Å². The molecule has 0 saturated heterocycles. The highest BCUT2D eigenvalue weighted by Crippen LogP contribution is 2.20. The first-order chi connectivity index (χ1) is 6.93. The molecule has 0 unspecified atom stereocenters. The largest absolute Gasteiger partial charge is 0.306 e. The van der Waals surface area contributed by atoms with Crippen LogP contribution in [-0.4, -0.2) is 16.7 Å². The summed E-state index contributed by atoms with van der Waals surface area (Å²) in [6.07, 6.45) is 5.85. The maximum Gasteiger partial charge on any atom is 0.0671 e. The highest BCUT2D eigenvalue weighted by molar-refractivity contribution is 5.81. The zero-order chi connectivity index (χ0) is 9.38. The van der Waals surface area contributed by atoms with E-state index in [4.69, 9.17) is 0 Å². The van der Waals surface area contributed by atoms with Gasteiger partial charge < -0.3 is 5.43 Å². The van der Waals surface area contributed by atoms with Crippen molar-refractivity contribution in [1.82, 2.24) is 15.6 Å². The second-order valence-electron chi connectivity index (χ2n) is 3.28. The van der Waals surface area contributed by atoms with Gasteiger partial charge in [0.2, 0.25) is 0 Å². The van der Waals surface area contributed by atoms with Gasteiger partial charge in [-0.25, -0.2) is 0 Å². The van der Waals surface area contributed by atoms with Crippen LogP contribution in [0.3, 0.4) is 0 Å². The van der Waals surface area contributed by atoms with E-state index in [9.17, 15) is 0 Å². The third-order valence-electron chi connectivity index (χ3n) is 2.37. The quantitative estimate of drug-likeness (QED) is 0.707. The van der Waals surface area contributed by atoms with Crippen molar-refractivity contribution in [2.45, 2.75) is 0 Å². The minimum absolute atomic E-state index is 0.902. The second kappa shape index (κ2) is 2.77. The Balaban J connectivity index is 2.04. The van der Waals surface area contributed by atoms with Gasteiger partial charge in [-0.1, -0.05) is 0 Å². The zero-order valence-electron chi connectivity index (χ0n) is 7.57. The average Bonchev–Trinajstić information content (AvgIpc) is 2.88. The summed E-state index contributed by atoms with van der Waals surface area (Å²) >= 11 is 0. The van der Waals surface area contributed by atoms with Crippen molar-refractivity contribution >= 4 is 16.6 Å². The van der Waals surface area contributed by atoms with Crippen molar-refractivity contribution in [3.8, 4) is 0 Å². The van der Waals surface area contributed by atoms with Gasteiger partial charge in [0.05, 0.1) is 23.9 Å². The van der Waals surface area contributed by atoms with Crippen LogP contribution in [0, 0.1) is 0 Å². The Morgan fingerprint density at radius 1 is 1.36 bits per heavy atom. The van der Waals surface area contributed by atoms with E-state index in [0.717, 1.165) is 23.1 Å². The Hall–Kier alpha value is -1.97. The Bertz CT molecular complexity index is 478. The van der Waals surface area contributed by atoms with E-state index >= 15 is 0 Å². The number of hydrogen-bond acceptors (Lipinski definition) is 3. The zero-order valence-corrected chi connectivity index (χ0v) is 7.57. The molecule has 0 atom stereocenters. The van der Waals surface area contributed by atoms with Gasteiger partial charge in [0.15, 0.2) is 0 Å². The summed E-state index contributed by atoms with van der Waals surface area (Å²) < 4.78 is 0. The summed E-state index contributed by atoms with van der Waals surface area (Å²) in [6.45, 7) is 0.902. The molecule has 1 aliphatic heterocycles. The van der Waals surface area contributed by atoms with Gasteiger partial charge in [0.25, 0.3) is 0 Å². The molecule has 2 aromatic rings. The molecule has 70 valence electrons. The first-order valence-corrected chi connectivity index (χ1v) is 4.55. The Morgan fingerprint density at radius 2 is 2.36 bits per heavy atom. The van der Waals surface area contributed by atoms with Gasteiger partial charge in [0.1, 0.15) is 0 Å². The molecular formula is C10H10N4. The topological polar surface area (TPSA) is 44.0 Å². The number of hydrogen-bond donors (Lipinski definition) is 2. The van der Waals surface area contributed by atoms with Crippen molar-refractivity contribution in [2.75, 3.05) is 11.6 Å². The molecule has 1 aliphatic rings. The SMILES string of the molecule is C1=CNN(c2ccc3cn[nH]c3c2)C1. The third kappa shape index (κ3) is 1.04. The maximum absolute atomic E-state index is 3.99. The summed E-state index contributed by atoms with van der Waals surface area (Å²) in [5.74, 6) is 0. The number of anilines is 1. The summed E-state index contributed by atoms with van der Waals surface area (Å²) in [7, 11) is 0. The number of rotatable bonds is 1. The van der Waals surface area contributed by atoms with Crippen LogP contribution in [0.15, 0.2) is 36.7 Å². The number of H-pyrrole nitrogens is 1. The Kier molecular flexibility index (Phi) is 1.47. The number of aromatic amines is 1. The molecule has 2 N–H and O–H groups in total. The number of hydrazine groups is 1. The van der Waals surface area contributed by atoms with Crippen molar-refractivity contribution in [3.63, 3.8) is 0 Å². The first kappa shape index (κ1) is 7.44. The lowest BCUT2D eigenvalue weighted by Gasteiger charge is -2.18. The number of nitrogens with zero attached hydrogens (tertiary/aromatic N) is 2. The lowest BCUT2D eigenvalue weighted by molar-refractivity contribution is 0.841. The molecule has 1 aromatic carbocycles. The number of aromatic nitrogens is 2. The van der Waals surface area contributed by atoms with Crippen molar-refractivity contribution in [1.29, 1.82) is 0 Å². The summed E-state index contributed by atoms with van der Waals surface area (Å²) in [6, 6.07) is 6.23. The fourth-order valence-corrected chi connectivity index (χ4v) is 1.63. The van der Waals surface area contributed by atoms with E-state index in [1.54, 1.807) is 0 Å². The maximum atomic E-state index is 3.99. The number of nitrogens with one attached hydrogen (secondary N) is 2. The molecule has 3 rings (SSSR count). The van der Waals surface area contributed by atoms with Crippen LogP contribution >= 0.6 is 0 Å². The molecule has 0 aliphatic carbocycles. The molecule has 0 fully saturated rings. The van der Waals surface area contributed by atoms with Crippen LogP contribution in [0.25, 0.3) is 10.9 Å². The predicted octanol–water partition coefficient (Wildman–Crippen LogP) is 1.40.